The van der Waals surface area contributed by atoms with E-state index >= 15 is 0 Å². The molecule has 0 saturated heterocycles. The second-order valence-electron chi connectivity index (χ2n) is 7.14. The second kappa shape index (κ2) is 7.59. The number of ether oxygens (including phenoxy) is 1. The van der Waals surface area contributed by atoms with Gasteiger partial charge in [-0.05, 0) is 62.9 Å². The van der Waals surface area contributed by atoms with Gasteiger partial charge in [0.05, 0.1) is 24.1 Å². The van der Waals surface area contributed by atoms with Crippen LogP contribution < -0.4 is 5.32 Å². The number of nitrogens with zero attached hydrogens (tertiary/aromatic N) is 3. The molecule has 7 nitrogen and oxygen atoms in total. The molecule has 0 spiro atoms. The maximum atomic E-state index is 11.8. The summed E-state index contributed by atoms with van der Waals surface area (Å²) in [4.78, 5) is 16.6. The van der Waals surface area contributed by atoms with Crippen molar-refractivity contribution in [2.24, 2.45) is 5.92 Å². The minimum atomic E-state index is -0.201. The molecule has 1 fully saturated rings. The fourth-order valence-corrected chi connectivity index (χ4v) is 3.05. The van der Waals surface area contributed by atoms with Crippen molar-refractivity contribution in [1.82, 2.24) is 20.1 Å². The number of carbonyl (C=O) groups excluding carboxylic acids is 1. The quantitative estimate of drug-likeness (QED) is 0.676. The SMILES string of the molecule is CNC(=O)c1ccc(-n2nc(-c3ccoc3C)nc2C(C)OCC2CC2)cc1. The van der Waals surface area contributed by atoms with Gasteiger partial charge in [-0.3, -0.25) is 4.79 Å². The predicted octanol–water partition coefficient (Wildman–Crippen LogP) is 3.68. The van der Waals surface area contributed by atoms with Crippen LogP contribution in [0.2, 0.25) is 0 Å². The topological polar surface area (TPSA) is 82.2 Å². The van der Waals surface area contributed by atoms with Crippen molar-refractivity contribution < 1.29 is 13.9 Å². The van der Waals surface area contributed by atoms with E-state index in [4.69, 9.17) is 19.2 Å². The average Bonchev–Trinajstić information content (AvgIpc) is 3.29. The second-order valence-corrected chi connectivity index (χ2v) is 7.14. The number of benzene rings is 1. The number of nitrogens with one attached hydrogen (secondary N) is 1. The highest BCUT2D eigenvalue weighted by molar-refractivity contribution is 5.94. The Morgan fingerprint density at radius 2 is 2.07 bits per heavy atom. The van der Waals surface area contributed by atoms with Crippen molar-refractivity contribution in [2.75, 3.05) is 13.7 Å². The van der Waals surface area contributed by atoms with Gasteiger partial charge in [0, 0.05) is 12.6 Å². The fraction of sp³-hybridized carbons (Fsp3) is 0.381. The minimum Gasteiger partial charge on any atom is -0.469 e. The lowest BCUT2D eigenvalue weighted by Gasteiger charge is -2.13. The summed E-state index contributed by atoms with van der Waals surface area (Å²) in [6, 6.07) is 9.14. The Labute approximate surface area is 163 Å². The summed E-state index contributed by atoms with van der Waals surface area (Å²) in [5, 5.41) is 7.34. The molecule has 1 amide bonds. The van der Waals surface area contributed by atoms with Crippen LogP contribution in [-0.4, -0.2) is 34.3 Å². The maximum absolute atomic E-state index is 11.8. The van der Waals surface area contributed by atoms with Gasteiger partial charge in [-0.25, -0.2) is 9.67 Å². The van der Waals surface area contributed by atoms with E-state index in [1.54, 1.807) is 30.1 Å². The standard InChI is InChI=1S/C21H24N4O3/c1-13-18(10-11-27-13)19-23-20(14(2)28-12-15-4-5-15)25(24-19)17-8-6-16(7-9-17)21(26)22-3/h6-11,14-15H,4-5,12H2,1-3H3,(H,22,26). The molecule has 3 aromatic rings. The zero-order valence-electron chi connectivity index (χ0n) is 16.3. The Balaban J connectivity index is 1.69. The van der Waals surface area contributed by atoms with E-state index in [1.165, 1.54) is 12.8 Å². The number of rotatable bonds is 7. The van der Waals surface area contributed by atoms with E-state index in [-0.39, 0.29) is 12.0 Å². The lowest BCUT2D eigenvalue weighted by molar-refractivity contribution is 0.0508. The van der Waals surface area contributed by atoms with Crippen LogP contribution in [0.25, 0.3) is 17.1 Å². The molecule has 2 heterocycles. The van der Waals surface area contributed by atoms with Gasteiger partial charge in [-0.1, -0.05) is 0 Å². The summed E-state index contributed by atoms with van der Waals surface area (Å²) >= 11 is 0. The zero-order chi connectivity index (χ0) is 19.7. The van der Waals surface area contributed by atoms with Gasteiger partial charge in [0.1, 0.15) is 11.9 Å². The van der Waals surface area contributed by atoms with E-state index in [2.05, 4.69) is 5.32 Å². The summed E-state index contributed by atoms with van der Waals surface area (Å²) in [5.74, 6) is 2.63. The molecule has 1 aliphatic rings. The normalized spacial score (nSPS) is 14.8. The molecule has 1 unspecified atom stereocenters. The molecule has 28 heavy (non-hydrogen) atoms. The fourth-order valence-electron chi connectivity index (χ4n) is 3.05. The van der Waals surface area contributed by atoms with Crippen LogP contribution in [0, 0.1) is 12.8 Å². The Morgan fingerprint density at radius 1 is 1.32 bits per heavy atom. The van der Waals surface area contributed by atoms with Crippen LogP contribution in [-0.2, 0) is 4.74 Å². The number of carbonyl (C=O) groups is 1. The van der Waals surface area contributed by atoms with Gasteiger partial charge in [0.25, 0.3) is 5.91 Å². The summed E-state index contributed by atoms with van der Waals surface area (Å²) in [5.41, 5.74) is 2.28. The first kappa shape index (κ1) is 18.4. The molecule has 146 valence electrons. The predicted molar refractivity (Wildman–Crippen MR) is 104 cm³/mol. The number of hydrogen-bond donors (Lipinski definition) is 1. The lowest BCUT2D eigenvalue weighted by Crippen LogP contribution is -2.17. The van der Waals surface area contributed by atoms with Crippen LogP contribution in [0.3, 0.4) is 0 Å². The third-order valence-corrected chi connectivity index (χ3v) is 4.98. The summed E-state index contributed by atoms with van der Waals surface area (Å²) in [7, 11) is 1.62. The molecule has 0 aliphatic heterocycles. The van der Waals surface area contributed by atoms with Crippen molar-refractivity contribution in [3.05, 3.63) is 53.7 Å². The summed E-state index contributed by atoms with van der Waals surface area (Å²) in [6.07, 6.45) is 3.91. The Morgan fingerprint density at radius 3 is 2.68 bits per heavy atom. The maximum Gasteiger partial charge on any atom is 0.251 e. The summed E-state index contributed by atoms with van der Waals surface area (Å²) in [6.45, 7) is 4.62. The van der Waals surface area contributed by atoms with Crippen molar-refractivity contribution in [3.8, 4) is 17.1 Å². The van der Waals surface area contributed by atoms with Gasteiger partial charge < -0.3 is 14.5 Å². The molecule has 0 bridgehead atoms. The van der Waals surface area contributed by atoms with Gasteiger partial charge in [-0.15, -0.1) is 5.10 Å². The first-order valence-corrected chi connectivity index (χ1v) is 9.52. The third kappa shape index (κ3) is 3.71. The van der Waals surface area contributed by atoms with E-state index < -0.39 is 0 Å². The Kier molecular flexibility index (Phi) is 5.00. The highest BCUT2D eigenvalue weighted by Gasteiger charge is 2.25. The number of amides is 1. The van der Waals surface area contributed by atoms with E-state index in [1.807, 2.05) is 32.0 Å². The number of aromatic nitrogens is 3. The number of furan rings is 1. The molecule has 0 radical (unpaired) electrons. The Bertz CT molecular complexity index is 970. The van der Waals surface area contributed by atoms with Gasteiger partial charge in [0.15, 0.2) is 11.6 Å². The van der Waals surface area contributed by atoms with E-state index in [0.29, 0.717) is 17.3 Å². The molecule has 1 saturated carbocycles. The highest BCUT2D eigenvalue weighted by Crippen LogP contribution is 2.32. The smallest absolute Gasteiger partial charge is 0.251 e. The molecular weight excluding hydrogens is 356 g/mol. The molecule has 4 rings (SSSR count). The van der Waals surface area contributed by atoms with Crippen LogP contribution in [0.4, 0.5) is 0 Å². The van der Waals surface area contributed by atoms with Crippen LogP contribution in [0.15, 0.2) is 41.0 Å². The van der Waals surface area contributed by atoms with Crippen molar-refractivity contribution in [2.45, 2.75) is 32.8 Å². The van der Waals surface area contributed by atoms with Crippen molar-refractivity contribution in [1.29, 1.82) is 0 Å². The van der Waals surface area contributed by atoms with E-state index in [0.717, 1.165) is 29.4 Å². The zero-order valence-corrected chi connectivity index (χ0v) is 16.3. The van der Waals surface area contributed by atoms with Crippen molar-refractivity contribution >= 4 is 5.91 Å². The molecule has 1 N–H and O–H groups in total. The lowest BCUT2D eigenvalue weighted by atomic mass is 10.2. The van der Waals surface area contributed by atoms with Crippen LogP contribution >= 0.6 is 0 Å². The average molecular weight is 380 g/mol. The monoisotopic (exact) mass is 380 g/mol. The largest absolute Gasteiger partial charge is 0.469 e. The molecule has 1 atom stereocenters. The van der Waals surface area contributed by atoms with Gasteiger partial charge >= 0.3 is 0 Å². The van der Waals surface area contributed by atoms with Crippen LogP contribution in [0.5, 0.6) is 0 Å². The minimum absolute atomic E-state index is 0.124. The summed E-state index contributed by atoms with van der Waals surface area (Å²) < 4.78 is 13.2. The number of hydrogen-bond acceptors (Lipinski definition) is 5. The van der Waals surface area contributed by atoms with Gasteiger partial charge in [-0.2, -0.15) is 0 Å². The number of aryl methyl sites for hydroxylation is 1. The first-order chi connectivity index (χ1) is 13.6. The molecule has 7 heteroatoms. The van der Waals surface area contributed by atoms with Crippen molar-refractivity contribution in [3.63, 3.8) is 0 Å². The molecular formula is C21H24N4O3. The first-order valence-electron chi connectivity index (χ1n) is 9.52. The molecule has 1 aliphatic carbocycles. The van der Waals surface area contributed by atoms with Crippen LogP contribution in [0.1, 0.15) is 47.8 Å². The van der Waals surface area contributed by atoms with E-state index in [9.17, 15) is 4.79 Å². The highest BCUT2D eigenvalue weighted by atomic mass is 16.5. The van der Waals surface area contributed by atoms with Gasteiger partial charge in [0.2, 0.25) is 0 Å². The Hall–Kier alpha value is -2.93. The molecule has 2 aromatic heterocycles. The molecule has 1 aromatic carbocycles. The third-order valence-electron chi connectivity index (χ3n) is 4.98.